The van der Waals surface area contributed by atoms with E-state index in [0.717, 1.165) is 51.8 Å². The van der Waals surface area contributed by atoms with Crippen LogP contribution in [-0.2, 0) is 11.3 Å². The van der Waals surface area contributed by atoms with Crippen LogP contribution in [0.3, 0.4) is 0 Å². The Morgan fingerprint density at radius 3 is 3.11 bits per heavy atom. The van der Waals surface area contributed by atoms with Crippen molar-refractivity contribution < 1.29 is 4.74 Å². The van der Waals surface area contributed by atoms with Crippen LogP contribution in [-0.4, -0.2) is 59.9 Å². The molecule has 1 saturated heterocycles. The van der Waals surface area contributed by atoms with Crippen molar-refractivity contribution in [3.05, 3.63) is 18.2 Å². The van der Waals surface area contributed by atoms with Gasteiger partial charge in [0.1, 0.15) is 5.82 Å². The molecule has 0 radical (unpaired) electrons. The zero-order valence-electron chi connectivity index (χ0n) is 12.1. The Labute approximate surface area is 116 Å². The van der Waals surface area contributed by atoms with Gasteiger partial charge in [-0.2, -0.15) is 0 Å². The van der Waals surface area contributed by atoms with Gasteiger partial charge in [-0.25, -0.2) is 4.98 Å². The van der Waals surface area contributed by atoms with Gasteiger partial charge in [-0.3, -0.25) is 4.90 Å². The molecule has 108 valence electrons. The van der Waals surface area contributed by atoms with Gasteiger partial charge in [-0.05, 0) is 19.9 Å². The lowest BCUT2D eigenvalue weighted by Crippen LogP contribution is -2.51. The fourth-order valence-corrected chi connectivity index (χ4v) is 2.49. The topological polar surface area (TPSA) is 42.3 Å². The van der Waals surface area contributed by atoms with E-state index >= 15 is 0 Å². The van der Waals surface area contributed by atoms with Crippen molar-refractivity contribution in [2.75, 3.05) is 39.4 Å². The fourth-order valence-electron chi connectivity index (χ4n) is 2.49. The summed E-state index contributed by atoms with van der Waals surface area (Å²) in [5.74, 6) is 1.09. The van der Waals surface area contributed by atoms with Gasteiger partial charge >= 0.3 is 0 Å². The smallest absolute Gasteiger partial charge is 0.105 e. The Balaban J connectivity index is 1.80. The third-order valence-corrected chi connectivity index (χ3v) is 3.71. The lowest BCUT2D eigenvalue weighted by atomic mass is 10.2. The van der Waals surface area contributed by atoms with Gasteiger partial charge in [0, 0.05) is 44.6 Å². The zero-order chi connectivity index (χ0) is 13.5. The molecule has 5 heteroatoms. The van der Waals surface area contributed by atoms with E-state index in [1.165, 1.54) is 6.42 Å². The Kier molecular flexibility index (Phi) is 5.82. The van der Waals surface area contributed by atoms with E-state index in [0.29, 0.717) is 6.04 Å². The van der Waals surface area contributed by atoms with Crippen LogP contribution in [0.15, 0.2) is 12.4 Å². The summed E-state index contributed by atoms with van der Waals surface area (Å²) in [6.07, 6.45) is 5.11. The molecule has 0 saturated carbocycles. The number of ether oxygens (including phenoxy) is 1. The summed E-state index contributed by atoms with van der Waals surface area (Å²) in [4.78, 5) is 6.80. The molecule has 1 atom stereocenters. The van der Waals surface area contributed by atoms with Gasteiger partial charge in [0.2, 0.25) is 0 Å². The summed E-state index contributed by atoms with van der Waals surface area (Å²) in [6.45, 7) is 11.2. The van der Waals surface area contributed by atoms with E-state index in [9.17, 15) is 0 Å². The van der Waals surface area contributed by atoms with Crippen LogP contribution in [0, 0.1) is 6.92 Å². The predicted molar refractivity (Wildman–Crippen MR) is 76.3 cm³/mol. The van der Waals surface area contributed by atoms with Gasteiger partial charge in [0.05, 0.1) is 13.2 Å². The van der Waals surface area contributed by atoms with E-state index < -0.39 is 0 Å². The Hall–Kier alpha value is -0.910. The third-order valence-electron chi connectivity index (χ3n) is 3.71. The SMILES string of the molecule is CCCNCC1COCCN1CCn1ccnc1C. The first-order chi connectivity index (χ1) is 9.31. The lowest BCUT2D eigenvalue weighted by molar-refractivity contribution is -0.00812. The standard InChI is InChI=1S/C14H26N4O/c1-3-4-15-11-14-12-19-10-9-18(14)8-7-17-6-5-16-13(17)2/h5-6,14-15H,3-4,7-12H2,1-2H3. The van der Waals surface area contributed by atoms with Crippen molar-refractivity contribution in [1.82, 2.24) is 19.8 Å². The zero-order valence-corrected chi connectivity index (χ0v) is 12.1. The molecule has 0 aromatic carbocycles. The maximum absolute atomic E-state index is 5.60. The molecule has 1 aliphatic rings. The van der Waals surface area contributed by atoms with Gasteiger partial charge < -0.3 is 14.6 Å². The van der Waals surface area contributed by atoms with Crippen LogP contribution in [0.2, 0.25) is 0 Å². The Morgan fingerprint density at radius 2 is 2.37 bits per heavy atom. The van der Waals surface area contributed by atoms with Crippen LogP contribution in [0.1, 0.15) is 19.2 Å². The van der Waals surface area contributed by atoms with Crippen molar-refractivity contribution in [1.29, 1.82) is 0 Å². The number of hydrogen-bond donors (Lipinski definition) is 1. The quantitative estimate of drug-likeness (QED) is 0.744. The molecule has 5 nitrogen and oxygen atoms in total. The molecule has 19 heavy (non-hydrogen) atoms. The van der Waals surface area contributed by atoms with E-state index in [1.54, 1.807) is 0 Å². The van der Waals surface area contributed by atoms with Crippen LogP contribution >= 0.6 is 0 Å². The van der Waals surface area contributed by atoms with Gasteiger partial charge in [-0.1, -0.05) is 6.92 Å². The second-order valence-electron chi connectivity index (χ2n) is 5.14. The normalized spacial score (nSPS) is 20.8. The molecule has 1 aromatic heterocycles. The maximum Gasteiger partial charge on any atom is 0.105 e. The molecule has 0 bridgehead atoms. The summed E-state index contributed by atoms with van der Waals surface area (Å²) in [7, 11) is 0. The minimum Gasteiger partial charge on any atom is -0.378 e. The second-order valence-corrected chi connectivity index (χ2v) is 5.14. The van der Waals surface area contributed by atoms with E-state index in [2.05, 4.69) is 39.8 Å². The largest absolute Gasteiger partial charge is 0.378 e. The molecule has 1 N–H and O–H groups in total. The molecule has 0 aliphatic carbocycles. The highest BCUT2D eigenvalue weighted by atomic mass is 16.5. The van der Waals surface area contributed by atoms with Crippen molar-refractivity contribution >= 4 is 0 Å². The average molecular weight is 266 g/mol. The molecule has 2 rings (SSSR count). The summed E-state index contributed by atoms with van der Waals surface area (Å²) in [5.41, 5.74) is 0. The van der Waals surface area contributed by atoms with Gasteiger partial charge in [-0.15, -0.1) is 0 Å². The first kappa shape index (κ1) is 14.5. The molecule has 2 heterocycles. The van der Waals surface area contributed by atoms with Crippen LogP contribution < -0.4 is 5.32 Å². The number of morpholine rings is 1. The molecular weight excluding hydrogens is 240 g/mol. The van der Waals surface area contributed by atoms with E-state index in [4.69, 9.17) is 4.74 Å². The highest BCUT2D eigenvalue weighted by Gasteiger charge is 2.22. The molecule has 0 spiro atoms. The highest BCUT2D eigenvalue weighted by molar-refractivity contribution is 4.89. The van der Waals surface area contributed by atoms with E-state index in [1.807, 2.05) is 6.20 Å². The van der Waals surface area contributed by atoms with Crippen molar-refractivity contribution in [3.8, 4) is 0 Å². The number of aromatic nitrogens is 2. The van der Waals surface area contributed by atoms with Gasteiger partial charge in [0.15, 0.2) is 0 Å². The highest BCUT2D eigenvalue weighted by Crippen LogP contribution is 2.07. The third kappa shape index (κ3) is 4.30. The molecule has 1 unspecified atom stereocenters. The first-order valence-corrected chi connectivity index (χ1v) is 7.31. The van der Waals surface area contributed by atoms with Crippen LogP contribution in [0.5, 0.6) is 0 Å². The van der Waals surface area contributed by atoms with Crippen molar-refractivity contribution in [2.45, 2.75) is 32.9 Å². The van der Waals surface area contributed by atoms with E-state index in [-0.39, 0.29) is 0 Å². The molecule has 1 aromatic rings. The molecule has 1 fully saturated rings. The van der Waals surface area contributed by atoms with Crippen molar-refractivity contribution in [2.24, 2.45) is 0 Å². The Bertz CT molecular complexity index is 366. The average Bonchev–Trinajstić information content (AvgIpc) is 2.83. The number of rotatable bonds is 7. The predicted octanol–water partition coefficient (Wildman–Crippen LogP) is 0.892. The van der Waals surface area contributed by atoms with Crippen molar-refractivity contribution in [3.63, 3.8) is 0 Å². The number of aryl methyl sites for hydroxylation is 1. The summed E-state index contributed by atoms with van der Waals surface area (Å²) in [6, 6.07) is 0.504. The minimum absolute atomic E-state index is 0.504. The summed E-state index contributed by atoms with van der Waals surface area (Å²) < 4.78 is 7.82. The number of hydrogen-bond acceptors (Lipinski definition) is 4. The Morgan fingerprint density at radius 1 is 1.47 bits per heavy atom. The molecular formula is C14H26N4O. The first-order valence-electron chi connectivity index (χ1n) is 7.31. The summed E-state index contributed by atoms with van der Waals surface area (Å²) in [5, 5.41) is 3.50. The lowest BCUT2D eigenvalue weighted by Gasteiger charge is -2.35. The number of nitrogens with one attached hydrogen (secondary N) is 1. The van der Waals surface area contributed by atoms with Crippen LogP contribution in [0.25, 0.3) is 0 Å². The van der Waals surface area contributed by atoms with Gasteiger partial charge in [0.25, 0.3) is 0 Å². The number of imidazole rings is 1. The number of nitrogens with zero attached hydrogens (tertiary/aromatic N) is 3. The summed E-state index contributed by atoms with van der Waals surface area (Å²) >= 11 is 0. The fraction of sp³-hybridized carbons (Fsp3) is 0.786. The van der Waals surface area contributed by atoms with Crippen LogP contribution in [0.4, 0.5) is 0 Å². The molecule has 1 aliphatic heterocycles. The maximum atomic E-state index is 5.60. The monoisotopic (exact) mass is 266 g/mol. The second kappa shape index (κ2) is 7.62. The molecule has 0 amide bonds. The minimum atomic E-state index is 0.504.